The summed E-state index contributed by atoms with van der Waals surface area (Å²) < 4.78 is 5.81. The summed E-state index contributed by atoms with van der Waals surface area (Å²) in [4.78, 5) is 16.5. The lowest BCUT2D eigenvalue weighted by molar-refractivity contribution is -0.0350. The van der Waals surface area contributed by atoms with E-state index in [4.69, 9.17) is 10.5 Å². The average molecular weight is 337 g/mol. The number of aromatic nitrogens is 1. The molecule has 2 aliphatic rings. The molecule has 0 unspecified atom stereocenters. The van der Waals surface area contributed by atoms with Crippen LogP contribution in [0.15, 0.2) is 36.5 Å². The molecule has 2 aromatic rings. The van der Waals surface area contributed by atoms with Crippen LogP contribution in [0.4, 0.5) is 11.5 Å². The SMILES string of the molecule is Cc1ccnc(NCC2CCC3(CC2)OC(=O)c2ccccc23)c1N. The van der Waals surface area contributed by atoms with E-state index in [0.29, 0.717) is 11.6 Å². The van der Waals surface area contributed by atoms with Gasteiger partial charge in [-0.2, -0.15) is 0 Å². The molecule has 0 atom stereocenters. The third-order valence-electron chi connectivity index (χ3n) is 5.61. The number of hydrogen-bond acceptors (Lipinski definition) is 5. The minimum Gasteiger partial charge on any atom is -0.451 e. The summed E-state index contributed by atoms with van der Waals surface area (Å²) in [5.41, 5.74) is 9.22. The number of esters is 1. The molecule has 1 aromatic heterocycles. The molecule has 25 heavy (non-hydrogen) atoms. The molecule has 1 aliphatic carbocycles. The van der Waals surface area contributed by atoms with Gasteiger partial charge in [0.25, 0.3) is 0 Å². The summed E-state index contributed by atoms with van der Waals surface area (Å²) in [6, 6.07) is 9.70. The molecule has 3 N–H and O–H groups in total. The molecule has 1 fully saturated rings. The van der Waals surface area contributed by atoms with Gasteiger partial charge in [0, 0.05) is 18.3 Å². The fourth-order valence-electron chi connectivity index (χ4n) is 4.02. The number of carbonyl (C=O) groups excluding carboxylic acids is 1. The lowest BCUT2D eigenvalue weighted by atomic mass is 9.75. The molecular weight excluding hydrogens is 314 g/mol. The second-order valence-electron chi connectivity index (χ2n) is 7.14. The number of nitrogen functional groups attached to an aromatic ring is 1. The maximum atomic E-state index is 12.1. The Kier molecular flexibility index (Phi) is 3.86. The Labute approximate surface area is 147 Å². The Morgan fingerprint density at radius 1 is 1.28 bits per heavy atom. The highest BCUT2D eigenvalue weighted by molar-refractivity contribution is 5.94. The molecular formula is C20H23N3O2. The molecule has 130 valence electrons. The zero-order valence-corrected chi connectivity index (χ0v) is 14.4. The summed E-state index contributed by atoms with van der Waals surface area (Å²) in [6.07, 6.45) is 5.55. The molecule has 1 aromatic carbocycles. The number of aryl methyl sites for hydroxylation is 1. The Hall–Kier alpha value is -2.56. The van der Waals surface area contributed by atoms with Gasteiger partial charge < -0.3 is 15.8 Å². The van der Waals surface area contributed by atoms with Crippen molar-refractivity contribution in [1.29, 1.82) is 0 Å². The van der Waals surface area contributed by atoms with Gasteiger partial charge in [0.1, 0.15) is 11.4 Å². The van der Waals surface area contributed by atoms with Crippen LogP contribution in [0.2, 0.25) is 0 Å². The van der Waals surface area contributed by atoms with Crippen LogP contribution in [-0.4, -0.2) is 17.5 Å². The highest BCUT2D eigenvalue weighted by Crippen LogP contribution is 2.48. The van der Waals surface area contributed by atoms with E-state index < -0.39 is 5.60 Å². The van der Waals surface area contributed by atoms with Crippen LogP contribution in [0, 0.1) is 12.8 Å². The van der Waals surface area contributed by atoms with Crippen LogP contribution in [0.25, 0.3) is 0 Å². The van der Waals surface area contributed by atoms with E-state index in [-0.39, 0.29) is 5.97 Å². The van der Waals surface area contributed by atoms with Crippen molar-refractivity contribution in [1.82, 2.24) is 4.98 Å². The molecule has 4 rings (SSSR count). The molecule has 2 heterocycles. The quantitative estimate of drug-likeness (QED) is 0.836. The van der Waals surface area contributed by atoms with Crippen molar-refractivity contribution in [3.05, 3.63) is 53.2 Å². The topological polar surface area (TPSA) is 77.2 Å². The lowest BCUT2D eigenvalue weighted by Gasteiger charge is -2.36. The zero-order chi connectivity index (χ0) is 17.4. The number of anilines is 2. The van der Waals surface area contributed by atoms with E-state index in [2.05, 4.69) is 10.3 Å². The number of hydrogen-bond donors (Lipinski definition) is 2. The van der Waals surface area contributed by atoms with Gasteiger partial charge >= 0.3 is 5.97 Å². The van der Waals surface area contributed by atoms with Gasteiger partial charge in [0.15, 0.2) is 0 Å². The highest BCUT2D eigenvalue weighted by Gasteiger charge is 2.47. The van der Waals surface area contributed by atoms with Crippen molar-refractivity contribution in [3.63, 3.8) is 0 Å². The summed E-state index contributed by atoms with van der Waals surface area (Å²) in [7, 11) is 0. The minimum absolute atomic E-state index is 0.177. The van der Waals surface area contributed by atoms with Crippen LogP contribution in [0.1, 0.15) is 47.2 Å². The van der Waals surface area contributed by atoms with Gasteiger partial charge in [-0.1, -0.05) is 18.2 Å². The predicted octanol–water partition coefficient (Wildman–Crippen LogP) is 3.64. The molecule has 0 amide bonds. The standard InChI is InChI=1S/C20H23N3O2/c1-13-8-11-22-18(17(13)21)23-12-14-6-9-20(10-7-14)16-5-3-2-4-15(16)19(24)25-20/h2-5,8,11,14H,6-7,9-10,12,21H2,1H3,(H,22,23). The number of ether oxygens (including phenoxy) is 1. The third kappa shape index (κ3) is 2.73. The molecule has 0 saturated heterocycles. The van der Waals surface area contributed by atoms with Crippen molar-refractivity contribution >= 4 is 17.5 Å². The van der Waals surface area contributed by atoms with Crippen molar-refractivity contribution < 1.29 is 9.53 Å². The van der Waals surface area contributed by atoms with Crippen LogP contribution in [-0.2, 0) is 10.3 Å². The van der Waals surface area contributed by atoms with Crippen LogP contribution >= 0.6 is 0 Å². The monoisotopic (exact) mass is 337 g/mol. The molecule has 1 saturated carbocycles. The first-order valence-electron chi connectivity index (χ1n) is 8.87. The number of nitrogens with one attached hydrogen (secondary N) is 1. The second kappa shape index (κ2) is 6.06. The van der Waals surface area contributed by atoms with E-state index in [1.807, 2.05) is 37.3 Å². The Balaban J connectivity index is 1.41. The van der Waals surface area contributed by atoms with Gasteiger partial charge in [0.05, 0.1) is 11.3 Å². The van der Waals surface area contributed by atoms with Crippen molar-refractivity contribution in [2.45, 2.75) is 38.2 Å². The molecule has 1 spiro atoms. The minimum atomic E-state index is -0.412. The predicted molar refractivity (Wildman–Crippen MR) is 97.4 cm³/mol. The fraction of sp³-hybridized carbons (Fsp3) is 0.400. The number of carbonyl (C=O) groups is 1. The van der Waals surface area contributed by atoms with E-state index in [9.17, 15) is 4.79 Å². The third-order valence-corrected chi connectivity index (χ3v) is 5.61. The van der Waals surface area contributed by atoms with Crippen LogP contribution < -0.4 is 11.1 Å². The Morgan fingerprint density at radius 3 is 2.84 bits per heavy atom. The van der Waals surface area contributed by atoms with E-state index in [1.54, 1.807) is 6.20 Å². The molecule has 0 radical (unpaired) electrons. The first kappa shape index (κ1) is 15.9. The largest absolute Gasteiger partial charge is 0.451 e. The van der Waals surface area contributed by atoms with Crippen molar-refractivity contribution in [3.8, 4) is 0 Å². The molecule has 1 aliphatic heterocycles. The van der Waals surface area contributed by atoms with E-state index in [1.165, 1.54) is 0 Å². The van der Waals surface area contributed by atoms with Gasteiger partial charge in [-0.05, 0) is 56.2 Å². The van der Waals surface area contributed by atoms with Crippen LogP contribution in [0.3, 0.4) is 0 Å². The van der Waals surface area contributed by atoms with Gasteiger partial charge in [-0.3, -0.25) is 0 Å². The summed E-state index contributed by atoms with van der Waals surface area (Å²) >= 11 is 0. The highest BCUT2D eigenvalue weighted by atomic mass is 16.6. The summed E-state index contributed by atoms with van der Waals surface area (Å²) in [5.74, 6) is 1.11. The zero-order valence-electron chi connectivity index (χ0n) is 14.4. The number of rotatable bonds is 3. The number of benzene rings is 1. The first-order chi connectivity index (χ1) is 12.1. The van der Waals surface area contributed by atoms with Gasteiger partial charge in [0.2, 0.25) is 0 Å². The first-order valence-corrected chi connectivity index (χ1v) is 8.87. The molecule has 5 heteroatoms. The van der Waals surface area contributed by atoms with Gasteiger partial charge in [-0.25, -0.2) is 9.78 Å². The number of fused-ring (bicyclic) bond motifs is 2. The maximum Gasteiger partial charge on any atom is 0.339 e. The summed E-state index contributed by atoms with van der Waals surface area (Å²) in [5, 5.41) is 3.39. The molecule has 0 bridgehead atoms. The smallest absolute Gasteiger partial charge is 0.339 e. The molecule has 5 nitrogen and oxygen atoms in total. The number of nitrogens with zero attached hydrogens (tertiary/aromatic N) is 1. The second-order valence-corrected chi connectivity index (χ2v) is 7.14. The average Bonchev–Trinajstić information content (AvgIpc) is 2.90. The number of pyridine rings is 1. The fourth-order valence-corrected chi connectivity index (χ4v) is 4.02. The Bertz CT molecular complexity index is 810. The van der Waals surface area contributed by atoms with E-state index in [0.717, 1.165) is 54.7 Å². The normalized spacial score (nSPS) is 24.8. The van der Waals surface area contributed by atoms with Gasteiger partial charge in [-0.15, -0.1) is 0 Å². The van der Waals surface area contributed by atoms with Crippen LogP contribution in [0.5, 0.6) is 0 Å². The maximum absolute atomic E-state index is 12.1. The summed E-state index contributed by atoms with van der Waals surface area (Å²) in [6.45, 7) is 2.82. The lowest BCUT2D eigenvalue weighted by Crippen LogP contribution is -2.34. The van der Waals surface area contributed by atoms with Crippen molar-refractivity contribution in [2.75, 3.05) is 17.6 Å². The Morgan fingerprint density at radius 2 is 2.04 bits per heavy atom. The van der Waals surface area contributed by atoms with E-state index >= 15 is 0 Å². The number of nitrogens with two attached hydrogens (primary N) is 1. The van der Waals surface area contributed by atoms with Crippen molar-refractivity contribution in [2.24, 2.45) is 5.92 Å².